The molecule has 2 rings (SSSR count). The molecule has 1 aliphatic heterocycles. The van der Waals surface area contributed by atoms with Crippen molar-refractivity contribution < 1.29 is 4.74 Å². The van der Waals surface area contributed by atoms with E-state index in [0.717, 1.165) is 37.9 Å². The fraction of sp³-hybridized carbons (Fsp3) is 0.800. The molecule has 20 heavy (non-hydrogen) atoms. The lowest BCUT2D eigenvalue weighted by molar-refractivity contribution is -0.0504. The van der Waals surface area contributed by atoms with Crippen LogP contribution in [0.5, 0.6) is 0 Å². The van der Waals surface area contributed by atoms with Gasteiger partial charge >= 0.3 is 0 Å². The van der Waals surface area contributed by atoms with Gasteiger partial charge in [0.25, 0.3) is 0 Å². The number of hydrogen-bond donors (Lipinski definition) is 0. The van der Waals surface area contributed by atoms with Crippen molar-refractivity contribution in [1.29, 1.82) is 0 Å². The van der Waals surface area contributed by atoms with Crippen LogP contribution in [0.1, 0.15) is 45.3 Å². The van der Waals surface area contributed by atoms with Crippen molar-refractivity contribution in [2.24, 2.45) is 0 Å². The van der Waals surface area contributed by atoms with Crippen molar-refractivity contribution in [3.63, 3.8) is 0 Å². The van der Waals surface area contributed by atoms with Crippen LogP contribution in [0, 0.1) is 0 Å². The number of morpholine rings is 1. The summed E-state index contributed by atoms with van der Waals surface area (Å²) in [7, 11) is 0. The number of ether oxygens (including phenoxy) is 1. The third-order valence-corrected chi connectivity index (χ3v) is 4.87. The van der Waals surface area contributed by atoms with Crippen LogP contribution in [0.2, 0.25) is 0 Å². The van der Waals surface area contributed by atoms with E-state index >= 15 is 0 Å². The highest BCUT2D eigenvalue weighted by Gasteiger charge is 2.26. The molecule has 114 valence electrons. The predicted octanol–water partition coefficient (Wildman–Crippen LogP) is 3.23. The minimum absolute atomic E-state index is 0.298. The van der Waals surface area contributed by atoms with Gasteiger partial charge in [0.2, 0.25) is 0 Å². The van der Waals surface area contributed by atoms with E-state index in [9.17, 15) is 0 Å². The van der Waals surface area contributed by atoms with Crippen molar-refractivity contribution in [2.45, 2.75) is 58.3 Å². The van der Waals surface area contributed by atoms with Crippen molar-refractivity contribution in [1.82, 2.24) is 14.7 Å². The van der Waals surface area contributed by atoms with E-state index in [4.69, 9.17) is 9.84 Å². The highest BCUT2D eigenvalue weighted by atomic mass is 79.9. The molecule has 5 heteroatoms. The molecule has 0 saturated carbocycles. The molecular formula is C15H26BrN3O. The summed E-state index contributed by atoms with van der Waals surface area (Å²) >= 11 is 3.51. The van der Waals surface area contributed by atoms with E-state index in [1.54, 1.807) is 0 Å². The smallest absolute Gasteiger partial charge is 0.0799 e. The van der Waals surface area contributed by atoms with E-state index in [1.165, 1.54) is 5.69 Å². The average Bonchev–Trinajstić information content (AvgIpc) is 2.91. The molecule has 2 heterocycles. The van der Waals surface area contributed by atoms with E-state index in [-0.39, 0.29) is 0 Å². The molecule has 1 saturated heterocycles. The lowest BCUT2D eigenvalue weighted by Gasteiger charge is -2.37. The van der Waals surface area contributed by atoms with Gasteiger partial charge < -0.3 is 4.74 Å². The van der Waals surface area contributed by atoms with Gasteiger partial charge in [-0.2, -0.15) is 5.10 Å². The van der Waals surface area contributed by atoms with Crippen LogP contribution in [0.25, 0.3) is 0 Å². The maximum atomic E-state index is 5.77. The average molecular weight is 344 g/mol. The van der Waals surface area contributed by atoms with E-state index in [1.807, 2.05) is 0 Å². The van der Waals surface area contributed by atoms with Gasteiger partial charge in [-0.1, -0.05) is 29.8 Å². The number of halogens is 1. The summed E-state index contributed by atoms with van der Waals surface area (Å²) in [6.45, 7) is 9.37. The first-order valence-electron chi connectivity index (χ1n) is 7.63. The van der Waals surface area contributed by atoms with Gasteiger partial charge in [-0.3, -0.25) is 9.58 Å². The van der Waals surface area contributed by atoms with Gasteiger partial charge in [-0.05, 0) is 25.8 Å². The zero-order valence-corrected chi connectivity index (χ0v) is 14.3. The molecule has 1 aromatic heterocycles. The summed E-state index contributed by atoms with van der Waals surface area (Å²) in [4.78, 5) is 2.47. The Morgan fingerprint density at radius 3 is 2.85 bits per heavy atom. The molecule has 0 aliphatic carbocycles. The van der Waals surface area contributed by atoms with Gasteiger partial charge in [-0.15, -0.1) is 0 Å². The van der Waals surface area contributed by atoms with Gasteiger partial charge in [0, 0.05) is 30.7 Å². The molecule has 0 spiro atoms. The van der Waals surface area contributed by atoms with Gasteiger partial charge in [0.1, 0.15) is 0 Å². The first-order valence-corrected chi connectivity index (χ1v) is 8.75. The molecule has 0 amide bonds. The Morgan fingerprint density at radius 1 is 1.45 bits per heavy atom. The minimum atomic E-state index is 0.298. The largest absolute Gasteiger partial charge is 0.374 e. The predicted molar refractivity (Wildman–Crippen MR) is 85.3 cm³/mol. The fourth-order valence-corrected chi connectivity index (χ4v) is 3.12. The van der Waals surface area contributed by atoms with Crippen LogP contribution in [-0.2, 0) is 11.3 Å². The standard InChI is InChI=1S/C15H26BrN3O/c1-4-14(5-2)19-7-6-13(17-19)9-18-10-15(8-16)20-11-12(18)3/h6-7,12,14-15H,4-5,8-11H2,1-3H3. The molecule has 1 aromatic rings. The summed E-state index contributed by atoms with van der Waals surface area (Å²) in [5.74, 6) is 0. The number of rotatable bonds is 6. The van der Waals surface area contributed by atoms with Crippen LogP contribution in [0.15, 0.2) is 12.3 Å². The van der Waals surface area contributed by atoms with Crippen LogP contribution in [-0.4, -0.2) is 45.3 Å². The Labute approximate surface area is 130 Å². The quantitative estimate of drug-likeness (QED) is 0.743. The van der Waals surface area contributed by atoms with E-state index in [0.29, 0.717) is 18.2 Å². The Morgan fingerprint density at radius 2 is 2.20 bits per heavy atom. The second-order valence-electron chi connectivity index (χ2n) is 5.65. The molecule has 0 aromatic carbocycles. The molecular weight excluding hydrogens is 318 g/mol. The summed E-state index contributed by atoms with van der Waals surface area (Å²) in [6.07, 6.45) is 4.70. The highest BCUT2D eigenvalue weighted by Crippen LogP contribution is 2.18. The number of aromatic nitrogens is 2. The van der Waals surface area contributed by atoms with Crippen molar-refractivity contribution in [3.8, 4) is 0 Å². The first-order chi connectivity index (χ1) is 9.67. The first kappa shape index (κ1) is 16.0. The normalized spacial score (nSPS) is 24.4. The van der Waals surface area contributed by atoms with Gasteiger partial charge in [-0.25, -0.2) is 0 Å². The lowest BCUT2D eigenvalue weighted by Crippen LogP contribution is -2.48. The van der Waals surface area contributed by atoms with Crippen LogP contribution >= 0.6 is 15.9 Å². The maximum absolute atomic E-state index is 5.77. The number of alkyl halides is 1. The molecule has 1 aliphatic rings. The molecule has 0 radical (unpaired) electrons. The topological polar surface area (TPSA) is 30.3 Å². The van der Waals surface area contributed by atoms with E-state index in [2.05, 4.69) is 58.5 Å². The monoisotopic (exact) mass is 343 g/mol. The molecule has 2 unspecified atom stereocenters. The molecule has 0 bridgehead atoms. The second kappa shape index (κ2) is 7.57. The highest BCUT2D eigenvalue weighted by molar-refractivity contribution is 9.09. The maximum Gasteiger partial charge on any atom is 0.0799 e. The lowest BCUT2D eigenvalue weighted by atomic mass is 10.2. The third-order valence-electron chi connectivity index (χ3n) is 4.15. The third kappa shape index (κ3) is 3.83. The van der Waals surface area contributed by atoms with Crippen LogP contribution < -0.4 is 0 Å². The van der Waals surface area contributed by atoms with Gasteiger partial charge in [0.05, 0.1) is 24.4 Å². The van der Waals surface area contributed by atoms with E-state index < -0.39 is 0 Å². The molecule has 0 N–H and O–H groups in total. The van der Waals surface area contributed by atoms with Crippen molar-refractivity contribution in [2.75, 3.05) is 18.5 Å². The minimum Gasteiger partial charge on any atom is -0.374 e. The summed E-state index contributed by atoms with van der Waals surface area (Å²) in [6, 6.07) is 3.15. The molecule has 4 nitrogen and oxygen atoms in total. The zero-order valence-electron chi connectivity index (χ0n) is 12.8. The van der Waals surface area contributed by atoms with Crippen LogP contribution in [0.4, 0.5) is 0 Å². The Balaban J connectivity index is 1.98. The van der Waals surface area contributed by atoms with Crippen molar-refractivity contribution >= 4 is 15.9 Å². The summed E-state index contributed by atoms with van der Waals surface area (Å²) in [5.41, 5.74) is 1.17. The SMILES string of the molecule is CCC(CC)n1ccc(CN2CC(CBr)OCC2C)n1. The molecule has 2 atom stereocenters. The number of nitrogens with zero attached hydrogens (tertiary/aromatic N) is 3. The summed E-state index contributed by atoms with van der Waals surface area (Å²) < 4.78 is 7.90. The molecule has 1 fully saturated rings. The fourth-order valence-electron chi connectivity index (χ4n) is 2.72. The number of hydrogen-bond acceptors (Lipinski definition) is 3. The Bertz CT molecular complexity index is 406. The zero-order chi connectivity index (χ0) is 14.5. The van der Waals surface area contributed by atoms with Crippen molar-refractivity contribution in [3.05, 3.63) is 18.0 Å². The Kier molecular flexibility index (Phi) is 6.05. The Hall–Kier alpha value is -0.390. The second-order valence-corrected chi connectivity index (χ2v) is 6.29. The summed E-state index contributed by atoms with van der Waals surface area (Å²) in [5, 5.41) is 5.66. The van der Waals surface area contributed by atoms with Gasteiger partial charge in [0.15, 0.2) is 0 Å². The van der Waals surface area contributed by atoms with Crippen LogP contribution in [0.3, 0.4) is 0 Å².